The van der Waals surface area contributed by atoms with Gasteiger partial charge in [-0.1, -0.05) is 11.6 Å². The fourth-order valence-electron chi connectivity index (χ4n) is 3.59. The summed E-state index contributed by atoms with van der Waals surface area (Å²) >= 11 is 5.93. The molecule has 160 valence electrons. The SMILES string of the molecule is COc1cc(N2Cc3nn(-c4ccc(Cl)cc4)nc3C2=O)ccc1OCC(O)C1CC1. The van der Waals surface area contributed by atoms with Crippen molar-refractivity contribution >= 4 is 23.2 Å². The number of carbonyl (C=O) groups excluding carboxylic acids is 1. The van der Waals surface area contributed by atoms with Gasteiger partial charge in [0, 0.05) is 16.8 Å². The van der Waals surface area contributed by atoms with Crippen LogP contribution in [0.4, 0.5) is 5.69 Å². The minimum atomic E-state index is -0.469. The molecule has 31 heavy (non-hydrogen) atoms. The molecule has 0 radical (unpaired) electrons. The second kappa shape index (κ2) is 7.86. The number of aliphatic hydroxyl groups excluding tert-OH is 1. The molecule has 1 unspecified atom stereocenters. The number of aliphatic hydroxyl groups is 1. The van der Waals surface area contributed by atoms with Crippen molar-refractivity contribution in [1.82, 2.24) is 15.0 Å². The highest BCUT2D eigenvalue weighted by Crippen LogP contribution is 2.36. The number of anilines is 1. The van der Waals surface area contributed by atoms with Gasteiger partial charge in [0.1, 0.15) is 12.3 Å². The number of methoxy groups -OCH3 is 1. The van der Waals surface area contributed by atoms with Gasteiger partial charge < -0.3 is 19.5 Å². The minimum absolute atomic E-state index is 0.219. The van der Waals surface area contributed by atoms with Crippen LogP contribution in [0.2, 0.25) is 5.02 Å². The third-order valence-corrected chi connectivity index (χ3v) is 5.78. The van der Waals surface area contributed by atoms with E-state index in [4.69, 9.17) is 21.1 Å². The van der Waals surface area contributed by atoms with Crippen molar-refractivity contribution in [3.63, 3.8) is 0 Å². The van der Waals surface area contributed by atoms with E-state index in [0.717, 1.165) is 18.5 Å². The molecule has 1 aliphatic heterocycles. The zero-order valence-corrected chi connectivity index (χ0v) is 17.6. The van der Waals surface area contributed by atoms with Crippen LogP contribution in [0.25, 0.3) is 5.69 Å². The molecule has 2 aliphatic rings. The van der Waals surface area contributed by atoms with Crippen LogP contribution in [0.1, 0.15) is 29.0 Å². The smallest absolute Gasteiger partial charge is 0.281 e. The van der Waals surface area contributed by atoms with Gasteiger partial charge >= 0.3 is 0 Å². The Kier molecular flexibility index (Phi) is 5.03. The summed E-state index contributed by atoms with van der Waals surface area (Å²) in [5.41, 5.74) is 2.32. The van der Waals surface area contributed by atoms with Crippen molar-refractivity contribution in [1.29, 1.82) is 0 Å². The lowest BCUT2D eigenvalue weighted by Crippen LogP contribution is -2.25. The second-order valence-electron chi connectivity index (χ2n) is 7.70. The van der Waals surface area contributed by atoms with Crippen LogP contribution in [0, 0.1) is 5.92 Å². The van der Waals surface area contributed by atoms with E-state index < -0.39 is 6.10 Å². The minimum Gasteiger partial charge on any atom is -0.493 e. The summed E-state index contributed by atoms with van der Waals surface area (Å²) in [5.74, 6) is 1.13. The number of aromatic nitrogens is 3. The highest BCUT2D eigenvalue weighted by molar-refractivity contribution is 6.30. The van der Waals surface area contributed by atoms with Crippen molar-refractivity contribution in [3.05, 3.63) is 58.9 Å². The number of fused-ring (bicyclic) bond motifs is 1. The molecule has 2 heterocycles. The number of carbonyl (C=O) groups is 1. The van der Waals surface area contributed by atoms with Crippen molar-refractivity contribution < 1.29 is 19.4 Å². The lowest BCUT2D eigenvalue weighted by Gasteiger charge is -2.19. The number of rotatable bonds is 7. The molecular weight excluding hydrogens is 420 g/mol. The Morgan fingerprint density at radius 3 is 2.55 bits per heavy atom. The van der Waals surface area contributed by atoms with Crippen LogP contribution >= 0.6 is 11.6 Å². The van der Waals surface area contributed by atoms with E-state index in [1.54, 1.807) is 54.5 Å². The van der Waals surface area contributed by atoms with E-state index >= 15 is 0 Å². The summed E-state index contributed by atoms with van der Waals surface area (Å²) < 4.78 is 11.2. The fourth-order valence-corrected chi connectivity index (χ4v) is 3.72. The molecule has 1 fully saturated rings. The van der Waals surface area contributed by atoms with E-state index in [-0.39, 0.29) is 12.5 Å². The number of ether oxygens (including phenoxy) is 2. The quantitative estimate of drug-likeness (QED) is 0.606. The summed E-state index contributed by atoms with van der Waals surface area (Å²) in [6, 6.07) is 12.4. The number of benzene rings is 2. The maximum atomic E-state index is 13.0. The van der Waals surface area contributed by atoms with E-state index in [2.05, 4.69) is 10.2 Å². The summed E-state index contributed by atoms with van der Waals surface area (Å²) in [6.45, 7) is 0.530. The largest absolute Gasteiger partial charge is 0.493 e. The highest BCUT2D eigenvalue weighted by Gasteiger charge is 2.34. The fraction of sp³-hybridized carbons (Fsp3) is 0.318. The molecule has 3 aromatic rings. The van der Waals surface area contributed by atoms with E-state index in [9.17, 15) is 9.90 Å². The highest BCUT2D eigenvalue weighted by atomic mass is 35.5. The van der Waals surface area contributed by atoms with Crippen molar-refractivity contribution in [2.45, 2.75) is 25.5 Å². The normalized spacial score (nSPS) is 16.4. The molecule has 1 amide bonds. The average Bonchev–Trinajstić information content (AvgIpc) is 3.48. The standard InChI is InChI=1S/C22H21ClN4O4/c1-30-20-10-16(8-9-19(20)31-12-18(28)13-2-3-13)26-11-17-21(22(26)29)25-27(24-17)15-6-4-14(23)5-7-15/h4-10,13,18,28H,2-3,11-12H2,1H3. The number of amides is 1. The van der Waals surface area contributed by atoms with Gasteiger partial charge in [-0.05, 0) is 55.2 Å². The Hall–Kier alpha value is -3.10. The van der Waals surface area contributed by atoms with Gasteiger partial charge in [0.2, 0.25) is 0 Å². The van der Waals surface area contributed by atoms with Crippen LogP contribution in [-0.2, 0) is 6.54 Å². The molecule has 1 aliphatic carbocycles. The topological polar surface area (TPSA) is 89.7 Å². The zero-order chi connectivity index (χ0) is 21.5. The predicted molar refractivity (Wildman–Crippen MR) is 114 cm³/mol. The van der Waals surface area contributed by atoms with E-state index in [1.165, 1.54) is 4.80 Å². The van der Waals surface area contributed by atoms with Crippen LogP contribution < -0.4 is 14.4 Å². The van der Waals surface area contributed by atoms with Crippen molar-refractivity contribution in [2.24, 2.45) is 5.92 Å². The molecule has 1 N–H and O–H groups in total. The summed E-state index contributed by atoms with van der Waals surface area (Å²) in [5, 5.41) is 19.5. The molecule has 0 spiro atoms. The first-order valence-electron chi connectivity index (χ1n) is 10.1. The Morgan fingerprint density at radius 1 is 1.13 bits per heavy atom. The van der Waals surface area contributed by atoms with Crippen LogP contribution in [0.3, 0.4) is 0 Å². The zero-order valence-electron chi connectivity index (χ0n) is 16.9. The molecule has 5 rings (SSSR count). The first kappa shape index (κ1) is 19.8. The lowest BCUT2D eigenvalue weighted by molar-refractivity contribution is 0.0880. The van der Waals surface area contributed by atoms with Gasteiger partial charge in [-0.15, -0.1) is 5.10 Å². The Labute approximate surface area is 183 Å². The molecule has 1 saturated carbocycles. The second-order valence-corrected chi connectivity index (χ2v) is 8.14. The van der Waals surface area contributed by atoms with E-state index in [0.29, 0.717) is 46.1 Å². The molecule has 0 saturated heterocycles. The summed E-state index contributed by atoms with van der Waals surface area (Å²) in [4.78, 5) is 16.0. The maximum absolute atomic E-state index is 13.0. The van der Waals surface area contributed by atoms with Gasteiger partial charge in [0.05, 0.1) is 25.4 Å². The first-order chi connectivity index (χ1) is 15.0. The van der Waals surface area contributed by atoms with Crippen LogP contribution in [0.15, 0.2) is 42.5 Å². The monoisotopic (exact) mass is 440 g/mol. The van der Waals surface area contributed by atoms with Gasteiger partial charge in [0.25, 0.3) is 5.91 Å². The van der Waals surface area contributed by atoms with Crippen molar-refractivity contribution in [2.75, 3.05) is 18.6 Å². The summed E-state index contributed by atoms with van der Waals surface area (Å²) in [7, 11) is 1.54. The lowest BCUT2D eigenvalue weighted by atomic mass is 10.2. The molecule has 2 aromatic carbocycles. The first-order valence-corrected chi connectivity index (χ1v) is 10.4. The number of halogens is 1. The van der Waals surface area contributed by atoms with Crippen LogP contribution in [0.5, 0.6) is 11.5 Å². The average molecular weight is 441 g/mol. The molecular formula is C22H21ClN4O4. The van der Waals surface area contributed by atoms with Gasteiger partial charge in [-0.25, -0.2) is 0 Å². The molecule has 8 nitrogen and oxygen atoms in total. The Morgan fingerprint density at radius 2 is 1.87 bits per heavy atom. The van der Waals surface area contributed by atoms with Gasteiger partial charge in [-0.3, -0.25) is 4.79 Å². The van der Waals surface area contributed by atoms with Crippen LogP contribution in [-0.4, -0.2) is 45.8 Å². The maximum Gasteiger partial charge on any atom is 0.281 e. The molecule has 9 heteroatoms. The molecule has 0 bridgehead atoms. The molecule has 1 aromatic heterocycles. The number of hydrogen-bond donors (Lipinski definition) is 1. The van der Waals surface area contributed by atoms with Crippen molar-refractivity contribution in [3.8, 4) is 17.2 Å². The predicted octanol–water partition coefficient (Wildman–Crippen LogP) is 3.24. The van der Waals surface area contributed by atoms with Gasteiger partial charge in [0.15, 0.2) is 17.2 Å². The van der Waals surface area contributed by atoms with Gasteiger partial charge in [-0.2, -0.15) is 9.90 Å². The Balaban J connectivity index is 1.33. The number of hydrogen-bond acceptors (Lipinski definition) is 6. The third-order valence-electron chi connectivity index (χ3n) is 5.53. The Bertz CT molecular complexity index is 1130. The number of nitrogens with zero attached hydrogens (tertiary/aromatic N) is 4. The summed E-state index contributed by atoms with van der Waals surface area (Å²) in [6.07, 6.45) is 1.62. The third kappa shape index (κ3) is 3.84. The van der Waals surface area contributed by atoms with E-state index in [1.807, 2.05) is 0 Å². The molecule has 1 atom stereocenters.